The third-order valence-electron chi connectivity index (χ3n) is 7.15. The van der Waals surface area contributed by atoms with E-state index in [1.165, 1.54) is 0 Å². The van der Waals surface area contributed by atoms with Gasteiger partial charge in [0.05, 0.1) is 26.4 Å². The van der Waals surface area contributed by atoms with Crippen LogP contribution >= 0.6 is 33.2 Å². The van der Waals surface area contributed by atoms with Crippen molar-refractivity contribution in [3.63, 3.8) is 0 Å². The number of rotatable bonds is 31. The van der Waals surface area contributed by atoms with Gasteiger partial charge in [-0.3, -0.25) is 0 Å². The number of halogens is 3. The Hall–Kier alpha value is 0.771. The van der Waals surface area contributed by atoms with Crippen molar-refractivity contribution < 1.29 is 41.1 Å². The largest absolute Gasteiger partial charge is 0.398 e. The van der Waals surface area contributed by atoms with Gasteiger partial charge in [0.2, 0.25) is 6.69 Å². The predicted octanol–water partition coefficient (Wildman–Crippen LogP) is 12.3. The number of ether oxygens (including phenoxy) is 4. The molecule has 0 aliphatic heterocycles. The van der Waals surface area contributed by atoms with Gasteiger partial charge in [0.25, 0.3) is 5.97 Å². The van der Waals surface area contributed by atoms with Crippen LogP contribution in [0.3, 0.4) is 0 Å². The van der Waals surface area contributed by atoms with Crippen LogP contribution in [0.25, 0.3) is 0 Å². The van der Waals surface area contributed by atoms with E-state index in [9.17, 15) is 0 Å². The summed E-state index contributed by atoms with van der Waals surface area (Å²) in [6.07, 6.45) is 4.57. The van der Waals surface area contributed by atoms with Crippen molar-refractivity contribution in [1.29, 1.82) is 0 Å². The highest BCUT2D eigenvalue weighted by Gasteiger charge is 2.40. The summed E-state index contributed by atoms with van der Waals surface area (Å²) in [5.74, 6) is -0.867. The first-order valence-electron chi connectivity index (χ1n) is 20.8. The molecule has 0 aliphatic carbocycles. The van der Waals surface area contributed by atoms with Gasteiger partial charge in [0.1, 0.15) is 0 Å². The van der Waals surface area contributed by atoms with E-state index in [2.05, 4.69) is 85.2 Å². The van der Waals surface area contributed by atoms with Gasteiger partial charge in [0.15, 0.2) is 34.5 Å². The lowest BCUT2D eigenvalue weighted by Crippen LogP contribution is -2.51. The average Bonchev–Trinajstić information content (AvgIpc) is 3.05. The van der Waals surface area contributed by atoms with Crippen LogP contribution in [-0.4, -0.2) is 123 Å². The molecule has 9 nitrogen and oxygen atoms in total. The fraction of sp³-hybridized carbons (Fsp3) is 0.805. The van der Waals surface area contributed by atoms with Crippen LogP contribution in [0, 0.1) is 0 Å². The van der Waals surface area contributed by atoms with Gasteiger partial charge < -0.3 is 41.1 Å². The van der Waals surface area contributed by atoms with Crippen molar-refractivity contribution in [3.8, 4) is 0 Å². The Morgan fingerprint density at radius 2 is 0.814 bits per heavy atom. The fourth-order valence-electron chi connectivity index (χ4n) is 4.48. The summed E-state index contributed by atoms with van der Waals surface area (Å²) in [5.41, 5.74) is 4.23. The normalized spacial score (nSPS) is 12.4. The summed E-state index contributed by atoms with van der Waals surface area (Å²) in [6, 6.07) is 2.99. The van der Waals surface area contributed by atoms with E-state index in [0.29, 0.717) is 49.9 Å². The second kappa shape index (κ2) is 36.0. The maximum Gasteiger partial charge on any atom is 0.334 e. The maximum atomic E-state index is 6.27. The summed E-state index contributed by atoms with van der Waals surface area (Å²) in [4.78, 5) is 0. The van der Waals surface area contributed by atoms with Gasteiger partial charge in [-0.15, -0.1) is 22.2 Å². The van der Waals surface area contributed by atoms with E-state index in [4.69, 9.17) is 74.3 Å². The second-order valence-corrected chi connectivity index (χ2v) is 46.2. The lowest BCUT2D eigenvalue weighted by atomic mass is 10.3. The lowest BCUT2D eigenvalue weighted by molar-refractivity contribution is -0.268. The van der Waals surface area contributed by atoms with Crippen molar-refractivity contribution >= 4 is 83.0 Å². The highest BCUT2D eigenvalue weighted by Crippen LogP contribution is 2.29. The quantitative estimate of drug-likeness (QED) is 0.0222. The molecule has 0 aromatic rings. The molecule has 0 radical (unpaired) electrons. The Morgan fingerprint density at radius 3 is 1.07 bits per heavy atom. The first-order chi connectivity index (χ1) is 26.8. The third-order valence-corrected chi connectivity index (χ3v) is 17.1. The van der Waals surface area contributed by atoms with Crippen molar-refractivity contribution in [2.24, 2.45) is 0 Å². The van der Waals surface area contributed by atoms with Crippen molar-refractivity contribution in [2.45, 2.75) is 149 Å². The Bertz CT molecular complexity index is 1060. The molecule has 0 unspecified atom stereocenters. The molecule has 0 fully saturated rings. The van der Waals surface area contributed by atoms with Gasteiger partial charge in [-0.2, -0.15) is 11.1 Å². The molecule has 0 saturated carbocycles. The van der Waals surface area contributed by atoms with E-state index < -0.39 is 45.2 Å². The Kier molecular flexibility index (Phi) is 40.5. The first kappa shape index (κ1) is 66.4. The molecule has 354 valence electrons. The van der Waals surface area contributed by atoms with Crippen LogP contribution in [0.1, 0.15) is 59.8 Å². The third kappa shape index (κ3) is 56.8. The van der Waals surface area contributed by atoms with Gasteiger partial charge in [0, 0.05) is 47.1 Å². The summed E-state index contributed by atoms with van der Waals surface area (Å²) in [7, 11) is -2.75. The van der Waals surface area contributed by atoms with E-state index in [-0.39, 0.29) is 0 Å². The summed E-state index contributed by atoms with van der Waals surface area (Å²) < 4.78 is 50.7. The minimum absolute atomic E-state index is 0.589. The smallest absolute Gasteiger partial charge is 0.334 e. The average molecular weight is 1000 g/mol. The number of hydrogen-bond donors (Lipinski definition) is 0. The first-order valence-corrected chi connectivity index (χ1v) is 39.9. The topological polar surface area (TPSA) is 83.1 Å². The zero-order valence-corrected chi connectivity index (χ0v) is 50.2. The SMILES string of the molecule is C=C(C)COCCCC(O[SiH3])(O[Si](C)(C)C)O[Si](C)(C)C.C=C(C)COCCC[Si](C)(C)Cl.C=C(C)COCCC[Si](C)(Cl)Cl.C=C(C)COCCC[Si](C)(OC)OC. The van der Waals surface area contributed by atoms with Crippen LogP contribution in [0.5, 0.6) is 0 Å². The van der Waals surface area contributed by atoms with Crippen LogP contribution in [0.15, 0.2) is 48.6 Å². The molecule has 0 amide bonds. The molecule has 0 heterocycles. The van der Waals surface area contributed by atoms with Gasteiger partial charge in [-0.05, 0) is 124 Å². The summed E-state index contributed by atoms with van der Waals surface area (Å²) in [6.45, 7) is 47.9. The molecule has 0 rings (SSSR count). The predicted molar refractivity (Wildman–Crippen MR) is 275 cm³/mol. The van der Waals surface area contributed by atoms with Gasteiger partial charge in [-0.25, -0.2) is 0 Å². The molecule has 0 aromatic carbocycles. The van der Waals surface area contributed by atoms with Gasteiger partial charge in [-0.1, -0.05) is 61.7 Å². The Morgan fingerprint density at radius 1 is 0.508 bits per heavy atom. The number of hydrogen-bond acceptors (Lipinski definition) is 9. The fourth-order valence-corrected chi connectivity index (χ4v) is 11.9. The molecule has 0 atom stereocenters. The molecule has 0 aliphatic rings. The second-order valence-electron chi connectivity index (χ2n) is 18.1. The molecule has 0 saturated heterocycles. The molecular weight excluding hydrogens is 911 g/mol. The molecule has 18 heteroatoms. The zero-order chi connectivity index (χ0) is 47.0. The van der Waals surface area contributed by atoms with Crippen LogP contribution in [0.2, 0.25) is 83.6 Å². The summed E-state index contributed by atoms with van der Waals surface area (Å²) >= 11 is 18.0. The molecule has 0 bridgehead atoms. The van der Waals surface area contributed by atoms with E-state index in [0.717, 1.165) is 85.9 Å². The molecule has 0 spiro atoms. The standard InChI is InChI=1S/C14H34O4Si3.C10H22O3Si.C9H19ClOSi.C8H16Cl2OSi/c1-13(2)12-15-11-9-10-14(16-19,17-20(3,4)5)18-21(6,7)8;1-10(2)9-13-7-6-8-14(5,11-3)12-4;1-9(2)8-11-6-5-7-12(3,4)10;1-8(2)7-11-5-4-6-12(3,9)10/h1,9-12H2,2-8,19H3;1,6-9H2,2-5H3;1,5-8H2,2-4H3;1,4-7H2,2-3H3. The highest BCUT2D eigenvalue weighted by molar-refractivity contribution is 7.44. The molecule has 0 aromatic heterocycles. The van der Waals surface area contributed by atoms with E-state index >= 15 is 0 Å². The van der Waals surface area contributed by atoms with E-state index in [1.54, 1.807) is 14.2 Å². The zero-order valence-electron chi connectivity index (χ0n) is 41.0. The Labute approximate surface area is 386 Å². The molecule has 59 heavy (non-hydrogen) atoms. The van der Waals surface area contributed by atoms with Crippen LogP contribution < -0.4 is 0 Å². The van der Waals surface area contributed by atoms with Crippen molar-refractivity contribution in [3.05, 3.63) is 48.6 Å². The van der Waals surface area contributed by atoms with Crippen LogP contribution in [-0.2, 0) is 41.1 Å². The molecular formula is C41H91Cl3O9Si6. The van der Waals surface area contributed by atoms with E-state index in [1.807, 2.05) is 34.2 Å². The Balaban J connectivity index is -0.000000353. The monoisotopic (exact) mass is 1000 g/mol. The lowest BCUT2D eigenvalue weighted by Gasteiger charge is -2.42. The minimum atomic E-state index is -1.89. The minimum Gasteiger partial charge on any atom is -0.398 e. The highest BCUT2D eigenvalue weighted by atomic mass is 35.7. The van der Waals surface area contributed by atoms with Crippen molar-refractivity contribution in [2.75, 3.05) is 67.1 Å². The van der Waals surface area contributed by atoms with Gasteiger partial charge >= 0.3 is 8.56 Å². The van der Waals surface area contributed by atoms with Crippen LogP contribution in [0.4, 0.5) is 0 Å². The summed E-state index contributed by atoms with van der Waals surface area (Å²) in [5, 5.41) is 0. The maximum absolute atomic E-state index is 6.27. The molecule has 0 N–H and O–H groups in total. The van der Waals surface area contributed by atoms with Crippen molar-refractivity contribution in [1.82, 2.24) is 0 Å².